The van der Waals surface area contributed by atoms with E-state index in [9.17, 15) is 9.59 Å². The van der Waals surface area contributed by atoms with Crippen molar-refractivity contribution in [1.29, 1.82) is 0 Å². The first-order valence-corrected chi connectivity index (χ1v) is 17.2. The van der Waals surface area contributed by atoms with Crippen molar-refractivity contribution in [2.75, 3.05) is 29.9 Å². The van der Waals surface area contributed by atoms with Crippen LogP contribution in [-0.4, -0.2) is 67.4 Å². The molecule has 2 amide bonds. The van der Waals surface area contributed by atoms with Crippen molar-refractivity contribution >= 4 is 40.0 Å². The summed E-state index contributed by atoms with van der Waals surface area (Å²) in [5.41, 5.74) is 4.18. The highest BCUT2D eigenvalue weighted by molar-refractivity contribution is 6.08. The molecule has 0 bridgehead atoms. The van der Waals surface area contributed by atoms with E-state index in [1.807, 2.05) is 56.2 Å². The highest BCUT2D eigenvalue weighted by Crippen LogP contribution is 2.50. The van der Waals surface area contributed by atoms with Crippen LogP contribution in [0.3, 0.4) is 0 Å². The molecule has 252 valence electrons. The van der Waals surface area contributed by atoms with Gasteiger partial charge in [-0.05, 0) is 111 Å². The van der Waals surface area contributed by atoms with Crippen molar-refractivity contribution < 1.29 is 14.0 Å². The quantitative estimate of drug-likeness (QED) is 0.217. The van der Waals surface area contributed by atoms with Crippen LogP contribution in [0.4, 0.5) is 21.6 Å². The third-order valence-electron chi connectivity index (χ3n) is 10.5. The Morgan fingerprint density at radius 2 is 1.81 bits per heavy atom. The second-order valence-electron chi connectivity index (χ2n) is 14.6. The lowest BCUT2D eigenvalue weighted by Gasteiger charge is -2.55. The molecule has 10 nitrogen and oxygen atoms in total. The number of fused-ring (bicyclic) bond motifs is 2. The number of amides is 2. The number of carbonyl (C=O) groups excluding carboxylic acids is 2. The van der Waals surface area contributed by atoms with Gasteiger partial charge in [0.1, 0.15) is 11.3 Å². The molecule has 0 radical (unpaired) electrons. The fraction of sp³-hybridized carbons (Fsp3) is 0.486. The number of nitrogens with zero attached hydrogens (tertiary/aromatic N) is 6. The maximum absolute atomic E-state index is 15.2. The number of carbonyl (C=O) groups is 2. The van der Waals surface area contributed by atoms with E-state index in [-0.39, 0.29) is 35.1 Å². The van der Waals surface area contributed by atoms with Gasteiger partial charge in [-0.1, -0.05) is 6.42 Å². The standard InChI is InChI=1S/C37H45FN8O2/c1-7-39-34(47)23-11-12-26(38)28(15-23)43-33-31-29(41-21-45(31)22(2)3)17-27(42-33)24-16-30-32(40-20-24)36(4,5)35(48)46(30)25-18-37(6,19-25)44-13-9-8-10-14-44/h11-12,15-17,20-22,25H,7-10,13-14,18-19H2,1-6H3,(H,39,47)(H,42,43). The topological polar surface area (TPSA) is 108 Å². The van der Waals surface area contributed by atoms with Crippen LogP contribution >= 0.6 is 0 Å². The summed E-state index contributed by atoms with van der Waals surface area (Å²) in [5.74, 6) is -0.303. The van der Waals surface area contributed by atoms with Crippen LogP contribution in [-0.2, 0) is 10.2 Å². The van der Waals surface area contributed by atoms with Gasteiger partial charge in [0.05, 0.1) is 40.0 Å². The van der Waals surface area contributed by atoms with Gasteiger partial charge in [-0.3, -0.25) is 19.5 Å². The van der Waals surface area contributed by atoms with Crippen LogP contribution < -0.4 is 15.5 Å². The SMILES string of the molecule is CCNC(=O)c1ccc(F)c(Nc2nc(-c3cnc4c(c3)N(C3CC(C)(N5CCCCC5)C3)C(=O)C4(C)C)cc3ncn(C(C)C)c23)c1. The molecule has 1 aromatic carbocycles. The lowest BCUT2D eigenvalue weighted by molar-refractivity contribution is -0.123. The van der Waals surface area contributed by atoms with E-state index in [1.165, 1.54) is 37.5 Å². The maximum atomic E-state index is 15.2. The minimum Gasteiger partial charge on any atom is -0.352 e. The Morgan fingerprint density at radius 1 is 1.06 bits per heavy atom. The number of pyridine rings is 2. The van der Waals surface area contributed by atoms with Gasteiger partial charge < -0.3 is 20.1 Å². The van der Waals surface area contributed by atoms with E-state index < -0.39 is 11.2 Å². The number of hydrogen-bond acceptors (Lipinski definition) is 7. The van der Waals surface area contributed by atoms with E-state index in [0.717, 1.165) is 48.4 Å². The number of likely N-dealkylation sites (tertiary alicyclic amines) is 1. The number of halogens is 1. The molecule has 0 spiro atoms. The van der Waals surface area contributed by atoms with Gasteiger partial charge in [0.25, 0.3) is 5.91 Å². The molecule has 48 heavy (non-hydrogen) atoms. The maximum Gasteiger partial charge on any atom is 0.251 e. The molecule has 3 aliphatic rings. The Labute approximate surface area is 281 Å². The van der Waals surface area contributed by atoms with Gasteiger partial charge in [-0.25, -0.2) is 14.4 Å². The number of aromatic nitrogens is 4. The van der Waals surface area contributed by atoms with Crippen molar-refractivity contribution in [3.63, 3.8) is 0 Å². The summed E-state index contributed by atoms with van der Waals surface area (Å²) in [6.07, 6.45) is 9.16. The van der Waals surface area contributed by atoms with Gasteiger partial charge in [0.2, 0.25) is 5.91 Å². The first-order valence-electron chi connectivity index (χ1n) is 17.2. The van der Waals surface area contributed by atoms with Crippen molar-refractivity contribution in [3.05, 3.63) is 59.9 Å². The van der Waals surface area contributed by atoms with Crippen molar-refractivity contribution in [2.24, 2.45) is 0 Å². The summed E-state index contributed by atoms with van der Waals surface area (Å²) in [5, 5.41) is 5.95. The zero-order valence-corrected chi connectivity index (χ0v) is 28.7. The molecule has 3 aromatic heterocycles. The number of rotatable bonds is 8. The number of anilines is 3. The van der Waals surface area contributed by atoms with Crippen LogP contribution in [0.15, 0.2) is 42.9 Å². The predicted octanol–water partition coefficient (Wildman–Crippen LogP) is 6.74. The van der Waals surface area contributed by atoms with Gasteiger partial charge >= 0.3 is 0 Å². The van der Waals surface area contributed by atoms with Crippen LogP contribution in [0.5, 0.6) is 0 Å². The summed E-state index contributed by atoms with van der Waals surface area (Å²) in [6, 6.07) is 8.35. The zero-order chi connectivity index (χ0) is 34.0. The average molecular weight is 653 g/mol. The van der Waals surface area contributed by atoms with Crippen LogP contribution in [0.2, 0.25) is 0 Å². The van der Waals surface area contributed by atoms with E-state index in [1.54, 1.807) is 12.5 Å². The number of nitrogens with one attached hydrogen (secondary N) is 2. The van der Waals surface area contributed by atoms with E-state index in [4.69, 9.17) is 9.97 Å². The molecule has 1 saturated carbocycles. The smallest absolute Gasteiger partial charge is 0.251 e. The Hall–Kier alpha value is -4.38. The normalized spacial score (nSPS) is 22.2. The van der Waals surface area contributed by atoms with Crippen molar-refractivity contribution in [3.8, 4) is 11.3 Å². The minimum absolute atomic E-state index is 0.0660. The molecule has 0 atom stereocenters. The molecule has 1 saturated heterocycles. The summed E-state index contributed by atoms with van der Waals surface area (Å²) in [4.78, 5) is 45.7. The van der Waals surface area contributed by atoms with Gasteiger partial charge in [-0.2, -0.15) is 0 Å². The molecule has 2 aliphatic heterocycles. The van der Waals surface area contributed by atoms with Crippen LogP contribution in [0, 0.1) is 5.82 Å². The summed E-state index contributed by atoms with van der Waals surface area (Å²) >= 11 is 0. The molecule has 11 heteroatoms. The van der Waals surface area contributed by atoms with Crippen molar-refractivity contribution in [2.45, 2.75) is 96.7 Å². The predicted molar refractivity (Wildman–Crippen MR) is 186 cm³/mol. The van der Waals surface area contributed by atoms with E-state index >= 15 is 4.39 Å². The fourth-order valence-corrected chi connectivity index (χ4v) is 7.80. The lowest BCUT2D eigenvalue weighted by atomic mass is 9.71. The average Bonchev–Trinajstić information content (AvgIpc) is 3.57. The number of benzene rings is 1. The Bertz CT molecular complexity index is 1900. The first-order chi connectivity index (χ1) is 22.9. The minimum atomic E-state index is -0.738. The number of imidazole rings is 1. The van der Waals surface area contributed by atoms with Gasteiger partial charge in [0, 0.05) is 41.5 Å². The number of hydrogen-bond donors (Lipinski definition) is 2. The summed E-state index contributed by atoms with van der Waals surface area (Å²) < 4.78 is 17.2. The van der Waals surface area contributed by atoms with Crippen LogP contribution in [0.1, 0.15) is 95.7 Å². The summed E-state index contributed by atoms with van der Waals surface area (Å²) in [6.45, 7) is 14.9. The third kappa shape index (κ3) is 5.32. The summed E-state index contributed by atoms with van der Waals surface area (Å²) in [7, 11) is 0. The molecule has 2 N–H and O–H groups in total. The molecule has 7 rings (SSSR count). The number of piperidine rings is 1. The van der Waals surface area contributed by atoms with Crippen molar-refractivity contribution in [1.82, 2.24) is 29.7 Å². The molecule has 5 heterocycles. The third-order valence-corrected chi connectivity index (χ3v) is 10.5. The molecule has 0 unspecified atom stereocenters. The molecular weight excluding hydrogens is 607 g/mol. The van der Waals surface area contributed by atoms with E-state index in [0.29, 0.717) is 29.1 Å². The molecule has 4 aromatic rings. The van der Waals surface area contributed by atoms with Gasteiger partial charge in [-0.15, -0.1) is 0 Å². The monoisotopic (exact) mass is 652 g/mol. The van der Waals surface area contributed by atoms with Crippen LogP contribution in [0.25, 0.3) is 22.3 Å². The fourth-order valence-electron chi connectivity index (χ4n) is 7.80. The van der Waals surface area contributed by atoms with E-state index in [2.05, 4.69) is 27.4 Å². The zero-order valence-electron chi connectivity index (χ0n) is 28.7. The Morgan fingerprint density at radius 3 is 2.52 bits per heavy atom. The molecule has 2 fully saturated rings. The highest BCUT2D eigenvalue weighted by atomic mass is 19.1. The Kier molecular flexibility index (Phi) is 8.01. The Balaban J connectivity index is 1.27. The molecule has 1 aliphatic carbocycles. The largest absolute Gasteiger partial charge is 0.352 e. The van der Waals surface area contributed by atoms with Gasteiger partial charge in [0.15, 0.2) is 5.82 Å². The first kappa shape index (κ1) is 32.2. The second-order valence-corrected chi connectivity index (χ2v) is 14.6. The molecular formula is C37H45FN8O2. The second kappa shape index (κ2) is 11.9. The highest BCUT2D eigenvalue weighted by Gasteiger charge is 2.54. The lowest BCUT2D eigenvalue weighted by Crippen LogP contribution is -2.64.